The van der Waals surface area contributed by atoms with Gasteiger partial charge in [0, 0.05) is 13.0 Å². The quantitative estimate of drug-likeness (QED) is 0.440. The second kappa shape index (κ2) is 5.68. The lowest BCUT2D eigenvalue weighted by molar-refractivity contribution is 0.471. The molecule has 96 valence electrons. The Kier molecular flexibility index (Phi) is 3.99. The average Bonchev–Trinajstić information content (AvgIpc) is 2.76. The Labute approximate surface area is 110 Å². The molecule has 2 aromatic rings. The number of nitrogens with zero attached hydrogens (tertiary/aromatic N) is 1. The lowest BCUT2D eigenvalue weighted by Gasteiger charge is -2.09. The summed E-state index contributed by atoms with van der Waals surface area (Å²) in [5.41, 5.74) is 1.61. The highest BCUT2D eigenvalue weighted by atomic mass is 32.1. The monoisotopic (exact) mass is 265 g/mol. The van der Waals surface area contributed by atoms with Gasteiger partial charge in [-0.1, -0.05) is 12.1 Å². The van der Waals surface area contributed by atoms with E-state index in [1.54, 1.807) is 0 Å². The van der Waals surface area contributed by atoms with Crippen molar-refractivity contribution >= 4 is 17.9 Å². The van der Waals surface area contributed by atoms with Gasteiger partial charge in [-0.2, -0.15) is 0 Å². The highest BCUT2D eigenvalue weighted by Gasteiger charge is 2.03. The van der Waals surface area contributed by atoms with Crippen LogP contribution >= 0.6 is 12.2 Å². The van der Waals surface area contributed by atoms with Crippen molar-refractivity contribution in [3.63, 3.8) is 0 Å². The first-order valence-corrected chi connectivity index (χ1v) is 6.14. The van der Waals surface area contributed by atoms with Gasteiger partial charge in [0.2, 0.25) is 5.89 Å². The minimum absolute atomic E-state index is 0.300. The average molecular weight is 265 g/mol. The topological polar surface area (TPSA) is 74.1 Å². The molecule has 1 heterocycles. The number of hydrogen-bond donors (Lipinski definition) is 3. The van der Waals surface area contributed by atoms with E-state index in [1.165, 1.54) is 0 Å². The number of phenolic OH excluding ortho intramolecular Hbond substituents is 1. The maximum absolute atomic E-state index is 9.81. The molecule has 0 spiro atoms. The van der Waals surface area contributed by atoms with E-state index in [0.717, 1.165) is 24.2 Å². The molecule has 0 radical (unpaired) electrons. The van der Waals surface area contributed by atoms with Gasteiger partial charge < -0.3 is 14.8 Å². The molecule has 0 atom stereocenters. The Hall–Kier alpha value is -1.82. The van der Waals surface area contributed by atoms with Gasteiger partial charge in [-0.3, -0.25) is 0 Å². The van der Waals surface area contributed by atoms with Crippen LogP contribution in [0.15, 0.2) is 22.6 Å². The third kappa shape index (κ3) is 3.10. The summed E-state index contributed by atoms with van der Waals surface area (Å²) >= 11 is 4.79. The van der Waals surface area contributed by atoms with Crippen LogP contribution < -0.4 is 5.32 Å². The zero-order valence-electron chi connectivity index (χ0n) is 10.1. The third-order valence-corrected chi connectivity index (χ3v) is 2.78. The fourth-order valence-corrected chi connectivity index (χ4v) is 1.77. The molecule has 6 heteroatoms. The number of benzene rings is 1. The van der Waals surface area contributed by atoms with Gasteiger partial charge in [-0.15, -0.1) is 5.10 Å². The third-order valence-electron chi connectivity index (χ3n) is 2.60. The van der Waals surface area contributed by atoms with Crippen molar-refractivity contribution in [2.45, 2.75) is 19.8 Å². The molecule has 2 rings (SSSR count). The summed E-state index contributed by atoms with van der Waals surface area (Å²) in [5, 5.41) is 19.5. The second-order valence-corrected chi connectivity index (χ2v) is 4.38. The van der Waals surface area contributed by atoms with Crippen molar-refractivity contribution in [1.82, 2.24) is 10.2 Å². The lowest BCUT2D eigenvalue weighted by atomic mass is 10.2. The zero-order chi connectivity index (χ0) is 13.0. The maximum atomic E-state index is 9.81. The van der Waals surface area contributed by atoms with Crippen LogP contribution in [0.25, 0.3) is 0 Å². The number of phenols is 1. The molecular weight excluding hydrogens is 250 g/mol. The number of nitrogens with one attached hydrogen (secondary N) is 2. The predicted octanol–water partition coefficient (Wildman–Crippen LogP) is 2.79. The van der Waals surface area contributed by atoms with E-state index in [4.69, 9.17) is 16.6 Å². The molecule has 0 fully saturated rings. The molecule has 0 aliphatic heterocycles. The predicted molar refractivity (Wildman–Crippen MR) is 71.3 cm³/mol. The number of aromatic nitrogens is 2. The van der Waals surface area contributed by atoms with Crippen LogP contribution in [0, 0.1) is 11.8 Å². The standard InChI is InChI=1S/C12H15N3O2S/c1-8-4-2-5-9(11(8)16)13-7-3-6-10-14-15-12(18)17-10/h2,4-5,13,16H,3,6-7H2,1H3,(H,15,18). The summed E-state index contributed by atoms with van der Waals surface area (Å²) < 4.78 is 5.15. The zero-order valence-corrected chi connectivity index (χ0v) is 10.9. The number of anilines is 1. The SMILES string of the molecule is Cc1cccc(NCCCc2n[nH]c(=S)o2)c1O. The first kappa shape index (κ1) is 12.6. The van der Waals surface area contributed by atoms with Crippen molar-refractivity contribution in [3.8, 4) is 5.75 Å². The molecule has 3 N–H and O–H groups in total. The van der Waals surface area contributed by atoms with Crippen LogP contribution in [0.4, 0.5) is 5.69 Å². The minimum Gasteiger partial charge on any atom is -0.506 e. The molecule has 0 saturated heterocycles. The summed E-state index contributed by atoms with van der Waals surface area (Å²) in [5.74, 6) is 0.907. The Balaban J connectivity index is 1.82. The van der Waals surface area contributed by atoms with Crippen LogP contribution in [0.2, 0.25) is 0 Å². The van der Waals surface area contributed by atoms with Gasteiger partial charge in [0.15, 0.2) is 0 Å². The fraction of sp³-hybridized carbons (Fsp3) is 0.333. The molecule has 18 heavy (non-hydrogen) atoms. The summed E-state index contributed by atoms with van der Waals surface area (Å²) in [7, 11) is 0. The molecule has 0 saturated carbocycles. The van der Waals surface area contributed by atoms with E-state index in [-0.39, 0.29) is 0 Å². The van der Waals surface area contributed by atoms with Crippen molar-refractivity contribution in [2.75, 3.05) is 11.9 Å². The molecule has 0 unspecified atom stereocenters. The molecule has 0 aliphatic rings. The van der Waals surface area contributed by atoms with Gasteiger partial charge in [0.1, 0.15) is 5.75 Å². The van der Waals surface area contributed by atoms with E-state index in [0.29, 0.717) is 22.9 Å². The number of hydrogen-bond acceptors (Lipinski definition) is 5. The largest absolute Gasteiger partial charge is 0.506 e. The number of aryl methyl sites for hydroxylation is 2. The number of H-pyrrole nitrogens is 1. The van der Waals surface area contributed by atoms with Gasteiger partial charge >= 0.3 is 0 Å². The molecular formula is C12H15N3O2S. The van der Waals surface area contributed by atoms with Crippen LogP contribution in [0.3, 0.4) is 0 Å². The van der Waals surface area contributed by atoms with Crippen molar-refractivity contribution in [1.29, 1.82) is 0 Å². The van der Waals surface area contributed by atoms with Gasteiger partial charge in [-0.25, -0.2) is 5.10 Å². The fourth-order valence-electron chi connectivity index (χ4n) is 1.63. The van der Waals surface area contributed by atoms with Crippen LogP contribution in [0.5, 0.6) is 5.75 Å². The number of aromatic amines is 1. The van der Waals surface area contributed by atoms with Crippen LogP contribution in [-0.4, -0.2) is 21.8 Å². The smallest absolute Gasteiger partial charge is 0.284 e. The Morgan fingerprint density at radius 2 is 2.33 bits per heavy atom. The summed E-state index contributed by atoms with van der Waals surface area (Å²) in [6, 6.07) is 5.63. The Bertz CT molecular complexity index is 577. The van der Waals surface area contributed by atoms with E-state index >= 15 is 0 Å². The molecule has 1 aromatic carbocycles. The van der Waals surface area contributed by atoms with Crippen LogP contribution in [-0.2, 0) is 6.42 Å². The normalized spacial score (nSPS) is 10.5. The first-order chi connectivity index (χ1) is 8.66. The van der Waals surface area contributed by atoms with Crippen LogP contribution in [0.1, 0.15) is 17.9 Å². The van der Waals surface area contributed by atoms with E-state index < -0.39 is 0 Å². The van der Waals surface area contributed by atoms with Crippen molar-refractivity contribution < 1.29 is 9.52 Å². The van der Waals surface area contributed by atoms with Crippen molar-refractivity contribution in [2.24, 2.45) is 0 Å². The molecule has 1 aromatic heterocycles. The Morgan fingerprint density at radius 1 is 1.50 bits per heavy atom. The number of rotatable bonds is 5. The van der Waals surface area contributed by atoms with Gasteiger partial charge in [0.05, 0.1) is 5.69 Å². The summed E-state index contributed by atoms with van der Waals surface area (Å²) in [6.45, 7) is 2.60. The Morgan fingerprint density at radius 3 is 3.06 bits per heavy atom. The summed E-state index contributed by atoms with van der Waals surface area (Å²) in [4.78, 5) is 0.300. The highest BCUT2D eigenvalue weighted by Crippen LogP contribution is 2.26. The number of aromatic hydroxyl groups is 1. The molecule has 5 nitrogen and oxygen atoms in total. The molecule has 0 aliphatic carbocycles. The van der Waals surface area contributed by atoms with E-state index in [1.807, 2.05) is 25.1 Å². The van der Waals surface area contributed by atoms with E-state index in [9.17, 15) is 5.11 Å². The minimum atomic E-state index is 0.300. The maximum Gasteiger partial charge on any atom is 0.284 e. The first-order valence-electron chi connectivity index (χ1n) is 5.73. The van der Waals surface area contributed by atoms with E-state index in [2.05, 4.69) is 15.5 Å². The number of para-hydroxylation sites is 1. The highest BCUT2D eigenvalue weighted by molar-refractivity contribution is 7.71. The van der Waals surface area contributed by atoms with Crippen molar-refractivity contribution in [3.05, 3.63) is 34.5 Å². The second-order valence-electron chi connectivity index (χ2n) is 4.01. The summed E-state index contributed by atoms with van der Waals surface area (Å²) in [6.07, 6.45) is 1.54. The van der Waals surface area contributed by atoms with Gasteiger partial charge in [0.25, 0.3) is 4.84 Å². The molecule has 0 amide bonds. The molecule has 0 bridgehead atoms. The van der Waals surface area contributed by atoms with Gasteiger partial charge in [-0.05, 0) is 37.2 Å². The lowest BCUT2D eigenvalue weighted by Crippen LogP contribution is -2.03.